The second-order valence-corrected chi connectivity index (χ2v) is 9.44. The number of rotatable bonds is 8. The summed E-state index contributed by atoms with van der Waals surface area (Å²) in [5, 5.41) is 3.28. The first-order chi connectivity index (χ1) is 17.7. The van der Waals surface area contributed by atoms with Crippen LogP contribution in [0.2, 0.25) is 5.02 Å². The number of fused-ring (bicyclic) bond motifs is 1. The lowest BCUT2D eigenvalue weighted by Gasteiger charge is -2.34. The number of amides is 2. The summed E-state index contributed by atoms with van der Waals surface area (Å²) in [5.41, 5.74) is 9.72. The lowest BCUT2D eigenvalue weighted by Crippen LogP contribution is -2.51. The molecule has 37 heavy (non-hydrogen) atoms. The number of hydrogen-bond acceptors (Lipinski definition) is 5. The quantitative estimate of drug-likeness (QED) is 0.308. The summed E-state index contributed by atoms with van der Waals surface area (Å²) >= 11 is 6.51. The van der Waals surface area contributed by atoms with Gasteiger partial charge in [-0.15, -0.1) is 0 Å². The minimum Gasteiger partial charge on any atom is -0.484 e. The van der Waals surface area contributed by atoms with Crippen LogP contribution in [0.4, 0.5) is 4.39 Å². The molecule has 7 nitrogen and oxygen atoms in total. The van der Waals surface area contributed by atoms with Gasteiger partial charge in [-0.1, -0.05) is 35.4 Å². The van der Waals surface area contributed by atoms with Gasteiger partial charge in [-0.3, -0.25) is 9.59 Å². The molecule has 1 fully saturated rings. The molecular weight excluding hydrogens is 495 g/mol. The van der Waals surface area contributed by atoms with E-state index in [0.29, 0.717) is 35.1 Å². The van der Waals surface area contributed by atoms with Crippen LogP contribution in [0, 0.1) is 0 Å². The number of nitrogens with zero attached hydrogens (tertiary/aromatic N) is 2. The molecule has 1 atom stereocenters. The third kappa shape index (κ3) is 6.46. The largest absolute Gasteiger partial charge is 0.484 e. The van der Waals surface area contributed by atoms with Crippen molar-refractivity contribution in [2.75, 3.05) is 19.6 Å². The first-order valence-electron chi connectivity index (χ1n) is 11.8. The number of hydrogen-bond donors (Lipinski definition) is 2. The fourth-order valence-corrected chi connectivity index (χ4v) is 4.30. The van der Waals surface area contributed by atoms with Crippen molar-refractivity contribution in [3.05, 3.63) is 88.2 Å². The Kier molecular flexibility index (Phi) is 8.08. The Hall–Kier alpha value is -3.91. The van der Waals surface area contributed by atoms with Crippen LogP contribution >= 0.6 is 11.6 Å². The standard InChI is InChI=1S/C28H28ClFN4O3/c1-17(3-9-25(31)32-2)14-33-26(35)10-8-23-12-21-11-20(13-24(29)27(21)37-23)18-4-6-19(7-5-18)28(36)34-15-22(30)16-34/h3-11,13,22-23H,2,12,14-16,31H2,1H3,(H,33,35)/b10-8+,17-3+,25-9-. The SMILES string of the molecule is C=N/C(N)=C\C=C(/C)CNC(=O)/C=C/C1Cc2cc(-c3ccc(C(=O)N4CC(F)C4)cc3)cc(Cl)c2O1. The van der Waals surface area contributed by atoms with Crippen LogP contribution < -0.4 is 15.8 Å². The highest BCUT2D eigenvalue weighted by molar-refractivity contribution is 6.32. The minimum atomic E-state index is -0.929. The number of benzene rings is 2. The maximum atomic E-state index is 13.1. The van der Waals surface area contributed by atoms with Gasteiger partial charge in [0.05, 0.1) is 18.1 Å². The van der Waals surface area contributed by atoms with Gasteiger partial charge < -0.3 is 20.7 Å². The van der Waals surface area contributed by atoms with E-state index in [2.05, 4.69) is 17.0 Å². The number of ether oxygens (including phenoxy) is 1. The smallest absolute Gasteiger partial charge is 0.254 e. The Labute approximate surface area is 220 Å². The highest BCUT2D eigenvalue weighted by Gasteiger charge is 2.31. The van der Waals surface area contributed by atoms with Crippen LogP contribution in [0.15, 0.2) is 77.1 Å². The molecule has 2 aromatic rings. The second kappa shape index (κ2) is 11.4. The summed E-state index contributed by atoms with van der Waals surface area (Å²) in [4.78, 5) is 29.7. The normalized spacial score (nSPS) is 17.8. The van der Waals surface area contributed by atoms with E-state index in [0.717, 1.165) is 22.3 Å². The third-order valence-corrected chi connectivity index (χ3v) is 6.41. The number of carbonyl (C=O) groups is 2. The number of likely N-dealkylation sites (tertiary alicyclic amines) is 1. The van der Waals surface area contributed by atoms with E-state index in [1.807, 2.05) is 31.2 Å². The number of nitrogens with two attached hydrogens (primary N) is 1. The number of halogens is 2. The van der Waals surface area contributed by atoms with Crippen LogP contribution in [0.25, 0.3) is 11.1 Å². The molecular formula is C28H28ClFN4O3. The molecule has 4 rings (SSSR count). The zero-order valence-corrected chi connectivity index (χ0v) is 21.2. The molecule has 0 spiro atoms. The number of allylic oxidation sites excluding steroid dienone is 2. The molecule has 2 aliphatic rings. The van der Waals surface area contributed by atoms with E-state index in [9.17, 15) is 14.0 Å². The van der Waals surface area contributed by atoms with Gasteiger partial charge in [0.15, 0.2) is 0 Å². The number of carbonyl (C=O) groups excluding carboxylic acids is 2. The molecule has 0 bridgehead atoms. The van der Waals surface area contributed by atoms with Gasteiger partial charge in [-0.2, -0.15) is 0 Å². The monoisotopic (exact) mass is 522 g/mol. The van der Waals surface area contributed by atoms with Gasteiger partial charge in [0.1, 0.15) is 23.8 Å². The molecule has 9 heteroatoms. The Bertz CT molecular complexity index is 1300. The predicted octanol–water partition coefficient (Wildman–Crippen LogP) is 4.22. The van der Waals surface area contributed by atoms with Gasteiger partial charge in [-0.25, -0.2) is 9.38 Å². The van der Waals surface area contributed by atoms with Crippen LogP contribution in [-0.4, -0.2) is 55.3 Å². The topological polar surface area (TPSA) is 97.0 Å². The van der Waals surface area contributed by atoms with E-state index >= 15 is 0 Å². The maximum absolute atomic E-state index is 13.1. The maximum Gasteiger partial charge on any atom is 0.254 e. The predicted molar refractivity (Wildman–Crippen MR) is 144 cm³/mol. The van der Waals surface area contributed by atoms with E-state index in [1.165, 1.54) is 11.0 Å². The molecule has 2 aromatic carbocycles. The molecule has 0 aliphatic carbocycles. The molecule has 1 unspecified atom stereocenters. The number of aliphatic imine (C=N–C) groups is 1. The van der Waals surface area contributed by atoms with E-state index in [1.54, 1.807) is 30.4 Å². The average Bonchev–Trinajstić information content (AvgIpc) is 3.31. The van der Waals surface area contributed by atoms with Crippen molar-refractivity contribution in [1.82, 2.24) is 10.2 Å². The minimum absolute atomic E-state index is 0.149. The highest BCUT2D eigenvalue weighted by atomic mass is 35.5. The fraction of sp³-hybridized carbons (Fsp3) is 0.250. The third-order valence-electron chi connectivity index (χ3n) is 6.13. The summed E-state index contributed by atoms with van der Waals surface area (Å²) in [6.45, 7) is 5.87. The van der Waals surface area contributed by atoms with Gasteiger partial charge in [0.25, 0.3) is 5.91 Å². The summed E-state index contributed by atoms with van der Waals surface area (Å²) in [6, 6.07) is 11.0. The first kappa shape index (κ1) is 26.2. The van der Waals surface area contributed by atoms with E-state index in [4.69, 9.17) is 22.1 Å². The molecule has 0 radical (unpaired) electrons. The molecule has 0 saturated carbocycles. The van der Waals surface area contributed by atoms with Crippen LogP contribution in [-0.2, 0) is 11.2 Å². The van der Waals surface area contributed by atoms with Crippen molar-refractivity contribution in [1.29, 1.82) is 0 Å². The summed E-state index contributed by atoms with van der Waals surface area (Å²) in [5.74, 6) is 0.492. The van der Waals surface area contributed by atoms with Crippen molar-refractivity contribution in [2.45, 2.75) is 25.6 Å². The Morgan fingerprint density at radius 2 is 1.97 bits per heavy atom. The fourth-order valence-electron chi connectivity index (χ4n) is 4.02. The molecule has 0 aromatic heterocycles. The molecule has 2 aliphatic heterocycles. The summed E-state index contributed by atoms with van der Waals surface area (Å²) in [6.07, 6.45) is 5.87. The molecule has 2 heterocycles. The lowest BCUT2D eigenvalue weighted by atomic mass is 9.99. The number of nitrogens with one attached hydrogen (secondary N) is 1. The lowest BCUT2D eigenvalue weighted by molar-refractivity contribution is -0.116. The second-order valence-electron chi connectivity index (χ2n) is 9.03. The first-order valence-corrected chi connectivity index (χ1v) is 12.2. The van der Waals surface area contributed by atoms with Gasteiger partial charge in [0, 0.05) is 30.2 Å². The number of alkyl halides is 1. The molecule has 3 N–H and O–H groups in total. The summed E-state index contributed by atoms with van der Waals surface area (Å²) in [7, 11) is 0. The van der Waals surface area contributed by atoms with Crippen LogP contribution in [0.1, 0.15) is 22.8 Å². The van der Waals surface area contributed by atoms with Crippen molar-refractivity contribution in [3.8, 4) is 16.9 Å². The Morgan fingerprint density at radius 3 is 2.65 bits per heavy atom. The van der Waals surface area contributed by atoms with Crippen molar-refractivity contribution in [2.24, 2.45) is 10.7 Å². The zero-order chi connectivity index (χ0) is 26.5. The van der Waals surface area contributed by atoms with Crippen molar-refractivity contribution >= 4 is 30.1 Å². The Balaban J connectivity index is 1.36. The van der Waals surface area contributed by atoms with Gasteiger partial charge in [-0.05, 0) is 61.2 Å². The van der Waals surface area contributed by atoms with Gasteiger partial charge in [0.2, 0.25) is 5.91 Å². The van der Waals surface area contributed by atoms with E-state index < -0.39 is 6.17 Å². The van der Waals surface area contributed by atoms with Gasteiger partial charge >= 0.3 is 0 Å². The Morgan fingerprint density at radius 1 is 1.24 bits per heavy atom. The van der Waals surface area contributed by atoms with Crippen molar-refractivity contribution < 1.29 is 18.7 Å². The highest BCUT2D eigenvalue weighted by Crippen LogP contribution is 2.40. The molecule has 1 saturated heterocycles. The van der Waals surface area contributed by atoms with Crippen molar-refractivity contribution in [3.63, 3.8) is 0 Å². The average molecular weight is 523 g/mol. The van der Waals surface area contributed by atoms with Crippen LogP contribution in [0.3, 0.4) is 0 Å². The zero-order valence-electron chi connectivity index (χ0n) is 20.4. The summed E-state index contributed by atoms with van der Waals surface area (Å²) < 4.78 is 19.0. The molecule has 192 valence electrons. The van der Waals surface area contributed by atoms with E-state index in [-0.39, 0.29) is 31.0 Å². The van der Waals surface area contributed by atoms with Crippen LogP contribution in [0.5, 0.6) is 5.75 Å². The molecule has 2 amide bonds.